The van der Waals surface area contributed by atoms with Crippen LogP contribution in [0.5, 0.6) is 0 Å². The van der Waals surface area contributed by atoms with E-state index in [9.17, 15) is 18.0 Å². The van der Waals surface area contributed by atoms with Crippen molar-refractivity contribution in [3.05, 3.63) is 71.0 Å². The van der Waals surface area contributed by atoms with Crippen molar-refractivity contribution in [2.45, 2.75) is 24.9 Å². The van der Waals surface area contributed by atoms with Gasteiger partial charge in [0.05, 0.1) is 18.4 Å². The first-order chi connectivity index (χ1) is 16.8. The van der Waals surface area contributed by atoms with Gasteiger partial charge in [-0.05, 0) is 30.9 Å². The highest BCUT2D eigenvalue weighted by Crippen LogP contribution is 2.48. The Balaban J connectivity index is 1.48. The third-order valence-electron chi connectivity index (χ3n) is 5.43. The number of carbonyl (C=O) groups excluding carboxylic acids is 1. The Morgan fingerprint density at radius 2 is 1.77 bits per heavy atom. The van der Waals surface area contributed by atoms with Gasteiger partial charge in [-0.25, -0.2) is 24.7 Å². The number of rotatable bonds is 6. The van der Waals surface area contributed by atoms with Crippen LogP contribution in [0.3, 0.4) is 0 Å². The predicted octanol–water partition coefficient (Wildman–Crippen LogP) is 6.09. The van der Waals surface area contributed by atoms with E-state index in [0.29, 0.717) is 23.1 Å². The number of methoxy groups -OCH3 is 1. The Kier molecular flexibility index (Phi) is 5.93. The number of nitrogens with one attached hydrogen (secondary N) is 1. The molecule has 0 bridgehead atoms. The third kappa shape index (κ3) is 4.85. The number of aromatic nitrogens is 4. The number of benzene rings is 1. The van der Waals surface area contributed by atoms with E-state index in [4.69, 9.17) is 4.98 Å². The largest absolute Gasteiger partial charge is 0.465 e. The summed E-state index contributed by atoms with van der Waals surface area (Å²) in [6.07, 6.45) is 1.47. The molecule has 35 heavy (non-hydrogen) atoms. The van der Waals surface area contributed by atoms with Gasteiger partial charge in [0.15, 0.2) is 11.0 Å². The van der Waals surface area contributed by atoms with Gasteiger partial charge in [0.25, 0.3) is 0 Å². The van der Waals surface area contributed by atoms with E-state index in [2.05, 4.69) is 25.0 Å². The van der Waals surface area contributed by atoms with Crippen molar-refractivity contribution in [2.24, 2.45) is 0 Å². The summed E-state index contributed by atoms with van der Waals surface area (Å²) < 4.78 is 44.1. The van der Waals surface area contributed by atoms with Gasteiger partial charge < -0.3 is 10.1 Å². The predicted molar refractivity (Wildman–Crippen MR) is 124 cm³/mol. The molecule has 0 aliphatic heterocycles. The van der Waals surface area contributed by atoms with Crippen LogP contribution >= 0.6 is 11.3 Å². The van der Waals surface area contributed by atoms with E-state index in [1.807, 2.05) is 24.3 Å². The Bertz CT molecular complexity index is 1370. The number of carbonyl (C=O) groups is 1. The molecule has 3 aromatic heterocycles. The molecule has 1 aliphatic rings. The molecule has 3 heterocycles. The van der Waals surface area contributed by atoms with E-state index in [0.717, 1.165) is 47.7 Å². The first-order valence-corrected chi connectivity index (χ1v) is 11.5. The van der Waals surface area contributed by atoms with Crippen LogP contribution in [0.1, 0.15) is 39.6 Å². The molecule has 1 aliphatic carbocycles. The fourth-order valence-corrected chi connectivity index (χ4v) is 4.68. The third-order valence-corrected chi connectivity index (χ3v) is 6.56. The molecule has 7 nitrogen and oxygen atoms in total. The van der Waals surface area contributed by atoms with Crippen molar-refractivity contribution in [3.8, 4) is 22.6 Å². The van der Waals surface area contributed by atoms with Gasteiger partial charge in [-0.15, -0.1) is 11.3 Å². The molecular weight excluding hydrogens is 479 g/mol. The second-order valence-corrected chi connectivity index (χ2v) is 8.92. The summed E-state index contributed by atoms with van der Waals surface area (Å²) in [5.74, 6) is 0.00901. The lowest BCUT2D eigenvalue weighted by Crippen LogP contribution is -2.12. The molecule has 0 amide bonds. The Morgan fingerprint density at radius 3 is 2.40 bits per heavy atom. The number of nitrogens with zero attached hydrogens (tertiary/aromatic N) is 4. The van der Waals surface area contributed by atoms with Gasteiger partial charge in [0, 0.05) is 34.6 Å². The number of thiazole rings is 1. The maximum Gasteiger partial charge on any atom is 0.417 e. The summed E-state index contributed by atoms with van der Waals surface area (Å²) in [6, 6.07) is 10.2. The zero-order valence-corrected chi connectivity index (χ0v) is 19.2. The number of alkyl halides is 3. The number of ether oxygens (including phenoxy) is 1. The SMILES string of the molecule is COC(=O)c1cc(C(F)(F)F)cnc1Nc1nc(-c2ccc(-c3ncccn3)cc2)c(C2CC2)s1. The Morgan fingerprint density at radius 1 is 1.09 bits per heavy atom. The van der Waals surface area contributed by atoms with Crippen LogP contribution in [-0.4, -0.2) is 33.0 Å². The highest BCUT2D eigenvalue weighted by molar-refractivity contribution is 7.16. The molecule has 1 fully saturated rings. The minimum atomic E-state index is -4.64. The van der Waals surface area contributed by atoms with Gasteiger partial charge in [-0.3, -0.25) is 0 Å². The Hall–Kier alpha value is -3.86. The van der Waals surface area contributed by atoms with Crippen LogP contribution in [0.4, 0.5) is 24.1 Å². The van der Waals surface area contributed by atoms with Crippen LogP contribution < -0.4 is 5.32 Å². The first kappa shape index (κ1) is 22.9. The maximum atomic E-state index is 13.1. The van der Waals surface area contributed by atoms with Crippen molar-refractivity contribution in [1.29, 1.82) is 0 Å². The monoisotopic (exact) mass is 497 g/mol. The van der Waals surface area contributed by atoms with Crippen molar-refractivity contribution in [2.75, 3.05) is 12.4 Å². The van der Waals surface area contributed by atoms with Crippen molar-refractivity contribution in [1.82, 2.24) is 19.9 Å². The van der Waals surface area contributed by atoms with Crippen molar-refractivity contribution in [3.63, 3.8) is 0 Å². The lowest BCUT2D eigenvalue weighted by molar-refractivity contribution is -0.137. The van der Waals surface area contributed by atoms with Crippen LogP contribution in [0.15, 0.2) is 55.0 Å². The Labute approximate surface area is 202 Å². The highest BCUT2D eigenvalue weighted by Gasteiger charge is 2.33. The molecule has 0 saturated heterocycles. The van der Waals surface area contributed by atoms with Crippen LogP contribution in [0, 0.1) is 0 Å². The second kappa shape index (κ2) is 9.06. The number of hydrogen-bond acceptors (Lipinski definition) is 8. The molecule has 5 rings (SSSR count). The highest BCUT2D eigenvalue weighted by atomic mass is 32.1. The van der Waals surface area contributed by atoms with Crippen LogP contribution in [-0.2, 0) is 10.9 Å². The lowest BCUT2D eigenvalue weighted by Gasteiger charge is -2.11. The molecule has 0 radical (unpaired) electrons. The minimum Gasteiger partial charge on any atom is -0.465 e. The van der Waals surface area contributed by atoms with Gasteiger partial charge in [-0.2, -0.15) is 13.2 Å². The summed E-state index contributed by atoms with van der Waals surface area (Å²) in [7, 11) is 1.10. The number of hydrogen-bond donors (Lipinski definition) is 1. The fourth-order valence-electron chi connectivity index (χ4n) is 3.53. The zero-order chi connectivity index (χ0) is 24.6. The second-order valence-electron chi connectivity index (χ2n) is 7.89. The quantitative estimate of drug-likeness (QED) is 0.323. The topological polar surface area (TPSA) is 89.9 Å². The summed E-state index contributed by atoms with van der Waals surface area (Å²) in [5, 5.41) is 3.35. The number of pyridine rings is 1. The summed E-state index contributed by atoms with van der Waals surface area (Å²) in [5.41, 5.74) is 1.19. The normalized spacial score (nSPS) is 13.5. The zero-order valence-electron chi connectivity index (χ0n) is 18.3. The number of halogens is 3. The molecule has 0 atom stereocenters. The van der Waals surface area contributed by atoms with Gasteiger partial charge in [-0.1, -0.05) is 24.3 Å². The molecule has 0 spiro atoms. The van der Waals surface area contributed by atoms with Crippen molar-refractivity contribution < 1.29 is 22.7 Å². The molecule has 1 saturated carbocycles. The molecule has 0 unspecified atom stereocenters. The molecule has 11 heteroatoms. The van der Waals surface area contributed by atoms with Gasteiger partial charge in [0.2, 0.25) is 0 Å². The molecule has 1 aromatic carbocycles. The molecular formula is C24H18F3N5O2S. The first-order valence-electron chi connectivity index (χ1n) is 10.6. The summed E-state index contributed by atoms with van der Waals surface area (Å²) in [6.45, 7) is 0. The van der Waals surface area contributed by atoms with Gasteiger partial charge >= 0.3 is 12.1 Å². The van der Waals surface area contributed by atoms with E-state index in [-0.39, 0.29) is 11.4 Å². The number of anilines is 2. The van der Waals surface area contributed by atoms with Crippen LogP contribution in [0.2, 0.25) is 0 Å². The summed E-state index contributed by atoms with van der Waals surface area (Å²) >= 11 is 1.40. The molecule has 178 valence electrons. The average Bonchev–Trinajstić information content (AvgIpc) is 3.63. The van der Waals surface area contributed by atoms with E-state index >= 15 is 0 Å². The number of esters is 1. The average molecular weight is 498 g/mol. The standard InChI is InChI=1S/C24H18F3N5O2S/c1-34-22(33)17-11-16(24(25,26)27)12-30-21(17)32-23-31-18(19(35-23)14-5-6-14)13-3-7-15(8-4-13)20-28-9-2-10-29-20/h2-4,7-12,14H,5-6H2,1H3,(H,30,31,32). The van der Waals surface area contributed by atoms with Gasteiger partial charge in [0.1, 0.15) is 11.4 Å². The molecule has 4 aromatic rings. The van der Waals surface area contributed by atoms with Crippen molar-refractivity contribution >= 4 is 28.3 Å². The maximum absolute atomic E-state index is 13.1. The van der Waals surface area contributed by atoms with E-state index in [1.54, 1.807) is 18.5 Å². The smallest absolute Gasteiger partial charge is 0.417 e. The lowest BCUT2D eigenvalue weighted by atomic mass is 10.1. The minimum absolute atomic E-state index is 0.0518. The van der Waals surface area contributed by atoms with Crippen LogP contribution in [0.25, 0.3) is 22.6 Å². The summed E-state index contributed by atoms with van der Waals surface area (Å²) in [4.78, 5) is 30.3. The molecule has 1 N–H and O–H groups in total. The van der Waals surface area contributed by atoms with E-state index < -0.39 is 17.7 Å². The van der Waals surface area contributed by atoms with E-state index in [1.165, 1.54) is 11.3 Å². The fraction of sp³-hybridized carbons (Fsp3) is 0.208.